The van der Waals surface area contributed by atoms with Gasteiger partial charge in [0.15, 0.2) is 0 Å². The van der Waals surface area contributed by atoms with Gasteiger partial charge in [-0.2, -0.15) is 0 Å². The maximum Gasteiger partial charge on any atom is 0.0795 e. The lowest BCUT2D eigenvalue weighted by Gasteiger charge is -2.26. The predicted molar refractivity (Wildman–Crippen MR) is 98.2 cm³/mol. The molecule has 1 aromatic rings. The maximum atomic E-state index is 2.52. The van der Waals surface area contributed by atoms with E-state index in [1.807, 2.05) is 0 Å². The van der Waals surface area contributed by atoms with Gasteiger partial charge in [0.05, 0.1) is 8.80 Å². The van der Waals surface area contributed by atoms with Crippen molar-refractivity contribution in [2.24, 2.45) is 0 Å². The van der Waals surface area contributed by atoms with E-state index in [4.69, 9.17) is 0 Å². The van der Waals surface area contributed by atoms with Crippen molar-refractivity contribution in [3.8, 4) is 0 Å². The molecular formula is C20H29Si. The molecular weight excluding hydrogens is 268 g/mol. The van der Waals surface area contributed by atoms with Crippen LogP contribution in [0, 0.1) is 6.92 Å². The molecule has 0 bridgehead atoms. The highest BCUT2D eigenvalue weighted by Crippen LogP contribution is 2.37. The van der Waals surface area contributed by atoms with Crippen LogP contribution in [0.3, 0.4) is 0 Å². The van der Waals surface area contributed by atoms with E-state index < -0.39 is 8.80 Å². The Morgan fingerprint density at radius 2 is 1.71 bits per heavy atom. The highest BCUT2D eigenvalue weighted by atomic mass is 28.3. The van der Waals surface area contributed by atoms with Crippen LogP contribution in [0.4, 0.5) is 0 Å². The minimum Gasteiger partial charge on any atom is -0.0801 e. The summed E-state index contributed by atoms with van der Waals surface area (Å²) in [4.78, 5) is 0. The van der Waals surface area contributed by atoms with E-state index in [0.717, 1.165) is 6.42 Å². The van der Waals surface area contributed by atoms with Crippen molar-refractivity contribution in [3.05, 3.63) is 46.5 Å². The molecule has 0 nitrogen and oxygen atoms in total. The van der Waals surface area contributed by atoms with Crippen molar-refractivity contribution in [3.63, 3.8) is 0 Å². The number of hydrogen-bond donors (Lipinski definition) is 0. The van der Waals surface area contributed by atoms with Gasteiger partial charge in [0.2, 0.25) is 0 Å². The monoisotopic (exact) mass is 297 g/mol. The Hall–Kier alpha value is -1.08. The largest absolute Gasteiger partial charge is 0.0801 e. The Morgan fingerprint density at radius 3 is 2.14 bits per heavy atom. The van der Waals surface area contributed by atoms with Crippen LogP contribution in [0.2, 0.25) is 13.1 Å². The summed E-state index contributed by atoms with van der Waals surface area (Å²) < 4.78 is 0. The minimum atomic E-state index is -0.438. The van der Waals surface area contributed by atoms with Crippen LogP contribution < -0.4 is 5.19 Å². The number of allylic oxidation sites excluding steroid dienone is 4. The highest BCUT2D eigenvalue weighted by molar-refractivity contribution is 6.71. The molecule has 0 fully saturated rings. The normalized spacial score (nSPS) is 14.7. The third-order valence-corrected chi connectivity index (χ3v) is 6.09. The van der Waals surface area contributed by atoms with Crippen molar-refractivity contribution in [1.82, 2.24) is 0 Å². The fraction of sp³-hybridized carbons (Fsp3) is 0.500. The van der Waals surface area contributed by atoms with Gasteiger partial charge in [0.25, 0.3) is 0 Å². The molecule has 1 heteroatoms. The lowest BCUT2D eigenvalue weighted by molar-refractivity contribution is 0.786. The van der Waals surface area contributed by atoms with Crippen molar-refractivity contribution in [2.45, 2.75) is 66.0 Å². The number of rotatable bonds is 4. The van der Waals surface area contributed by atoms with Crippen LogP contribution >= 0.6 is 0 Å². The molecule has 1 aromatic carbocycles. The summed E-state index contributed by atoms with van der Waals surface area (Å²) >= 11 is 0. The zero-order valence-electron chi connectivity index (χ0n) is 14.7. The van der Waals surface area contributed by atoms with Crippen molar-refractivity contribution in [1.29, 1.82) is 0 Å². The second-order valence-corrected chi connectivity index (χ2v) is 9.60. The first-order valence-electron chi connectivity index (χ1n) is 8.18. The average molecular weight is 298 g/mol. The van der Waals surface area contributed by atoms with Crippen LogP contribution in [0.5, 0.6) is 0 Å². The topological polar surface area (TPSA) is 0 Å². The highest BCUT2D eigenvalue weighted by Gasteiger charge is 2.23. The number of benzene rings is 1. The molecule has 0 aliphatic heterocycles. The molecule has 0 aromatic heterocycles. The molecule has 1 radical (unpaired) electrons. The molecule has 0 amide bonds. The molecule has 0 saturated heterocycles. The van der Waals surface area contributed by atoms with E-state index in [2.05, 4.69) is 72.0 Å². The van der Waals surface area contributed by atoms with Crippen LogP contribution in [-0.2, 0) is 0 Å². The molecule has 0 N–H and O–H groups in total. The maximum absolute atomic E-state index is 2.52. The second-order valence-electron chi connectivity index (χ2n) is 7.06. The van der Waals surface area contributed by atoms with Gasteiger partial charge in [-0.25, -0.2) is 0 Å². The third kappa shape index (κ3) is 3.08. The van der Waals surface area contributed by atoms with Crippen molar-refractivity contribution < 1.29 is 0 Å². The van der Waals surface area contributed by atoms with Gasteiger partial charge in [-0.1, -0.05) is 70.3 Å². The summed E-state index contributed by atoms with van der Waals surface area (Å²) in [6.45, 7) is 16.5. The fourth-order valence-corrected chi connectivity index (χ4v) is 4.81. The molecule has 2 rings (SSSR count). The molecule has 0 heterocycles. The molecule has 0 atom stereocenters. The van der Waals surface area contributed by atoms with Gasteiger partial charge >= 0.3 is 0 Å². The van der Waals surface area contributed by atoms with Crippen LogP contribution in [-0.4, -0.2) is 8.80 Å². The van der Waals surface area contributed by atoms with Gasteiger partial charge in [0, 0.05) is 0 Å². The summed E-state index contributed by atoms with van der Waals surface area (Å²) in [5, 5.41) is 1.62. The predicted octanol–water partition coefficient (Wildman–Crippen LogP) is 5.55. The van der Waals surface area contributed by atoms with Crippen LogP contribution in [0.15, 0.2) is 24.3 Å². The van der Waals surface area contributed by atoms with E-state index in [-0.39, 0.29) is 0 Å². The summed E-state index contributed by atoms with van der Waals surface area (Å²) in [5.74, 6) is 1.17. The van der Waals surface area contributed by atoms with Crippen molar-refractivity contribution >= 4 is 19.6 Å². The lowest BCUT2D eigenvalue weighted by atomic mass is 9.82. The van der Waals surface area contributed by atoms with E-state index >= 15 is 0 Å². The summed E-state index contributed by atoms with van der Waals surface area (Å²) in [6.07, 6.45) is 7.91. The summed E-state index contributed by atoms with van der Waals surface area (Å²) in [5.41, 5.74) is 7.77. The van der Waals surface area contributed by atoms with Gasteiger partial charge < -0.3 is 0 Å². The SMILES string of the molecule is Cc1c([Si](C)C)cc(C(C)C)c(C(C)C)c1C1=CC=CC1. The molecule has 21 heavy (non-hydrogen) atoms. The zero-order valence-corrected chi connectivity index (χ0v) is 15.7. The standard InChI is InChI=1S/C20H29Si/c1-13(2)17-12-18(21(6)7)15(5)20(19(17)14(3)4)16-10-8-9-11-16/h8-10,12-14H,11H2,1-7H3. The molecule has 1 aliphatic rings. The Balaban J connectivity index is 2.79. The zero-order chi connectivity index (χ0) is 15.7. The van der Waals surface area contributed by atoms with Crippen LogP contribution in [0.1, 0.15) is 68.2 Å². The van der Waals surface area contributed by atoms with E-state index in [0.29, 0.717) is 11.8 Å². The second kappa shape index (κ2) is 6.35. The Labute approximate surface area is 132 Å². The van der Waals surface area contributed by atoms with Crippen molar-refractivity contribution in [2.75, 3.05) is 0 Å². The van der Waals surface area contributed by atoms with E-state index in [1.54, 1.807) is 21.9 Å². The first kappa shape index (κ1) is 16.3. The molecule has 1 aliphatic carbocycles. The lowest BCUT2D eigenvalue weighted by Crippen LogP contribution is -2.29. The summed E-state index contributed by atoms with van der Waals surface area (Å²) in [7, 11) is -0.438. The van der Waals surface area contributed by atoms with Crippen LogP contribution in [0.25, 0.3) is 5.57 Å². The average Bonchev–Trinajstić information content (AvgIpc) is 2.90. The first-order chi connectivity index (χ1) is 9.84. The molecule has 0 saturated carbocycles. The third-order valence-electron chi connectivity index (χ3n) is 4.49. The van der Waals surface area contributed by atoms with E-state index in [9.17, 15) is 0 Å². The smallest absolute Gasteiger partial charge is 0.0795 e. The Bertz CT molecular complexity index is 586. The Kier molecular flexibility index (Phi) is 4.93. The van der Waals surface area contributed by atoms with Gasteiger partial charge in [0.1, 0.15) is 0 Å². The molecule has 0 spiro atoms. The molecule has 0 unspecified atom stereocenters. The fourth-order valence-electron chi connectivity index (χ4n) is 3.49. The van der Waals surface area contributed by atoms with Gasteiger partial charge in [-0.15, -0.1) is 0 Å². The quantitative estimate of drug-likeness (QED) is 0.639. The first-order valence-corrected chi connectivity index (χ1v) is 10.7. The van der Waals surface area contributed by atoms with E-state index in [1.165, 1.54) is 11.1 Å². The van der Waals surface area contributed by atoms with Gasteiger partial charge in [-0.05, 0) is 53.0 Å². The van der Waals surface area contributed by atoms with Gasteiger partial charge in [-0.3, -0.25) is 0 Å². The number of hydrogen-bond acceptors (Lipinski definition) is 0. The minimum absolute atomic E-state index is 0.438. The molecule has 113 valence electrons. The summed E-state index contributed by atoms with van der Waals surface area (Å²) in [6, 6.07) is 2.52. The Morgan fingerprint density at radius 1 is 1.05 bits per heavy atom.